The van der Waals surface area contributed by atoms with Crippen molar-refractivity contribution in [1.29, 1.82) is 0 Å². The molecule has 0 spiro atoms. The Bertz CT molecular complexity index is 1120. The van der Waals surface area contributed by atoms with E-state index in [1.807, 2.05) is 48.2 Å². The van der Waals surface area contributed by atoms with Crippen LogP contribution in [0.2, 0.25) is 5.02 Å². The van der Waals surface area contributed by atoms with Gasteiger partial charge in [0.05, 0.1) is 16.4 Å². The Labute approximate surface area is 175 Å². The lowest BCUT2D eigenvalue weighted by Crippen LogP contribution is -2.11. The monoisotopic (exact) mass is 492 g/mol. The highest BCUT2D eigenvalue weighted by Crippen LogP contribution is 2.30. The van der Waals surface area contributed by atoms with Crippen LogP contribution in [0.4, 0.5) is 5.69 Å². The third-order valence-corrected chi connectivity index (χ3v) is 6.47. The molecule has 2 aromatic carbocycles. The molecule has 0 amide bonds. The number of hydrogen-bond donors (Lipinski definition) is 0. The van der Waals surface area contributed by atoms with Gasteiger partial charge in [-0.1, -0.05) is 35.9 Å². The van der Waals surface area contributed by atoms with Crippen LogP contribution in [0.15, 0.2) is 57.7 Å². The van der Waals surface area contributed by atoms with Crippen molar-refractivity contribution in [1.82, 2.24) is 4.57 Å². The Hall–Kier alpha value is -1.12. The van der Waals surface area contributed by atoms with Gasteiger partial charge in [0.25, 0.3) is 9.05 Å². The van der Waals surface area contributed by atoms with Crippen LogP contribution in [-0.4, -0.2) is 13.0 Å². The maximum atomic E-state index is 11.7. The van der Waals surface area contributed by atoms with Crippen LogP contribution in [0, 0.1) is 6.92 Å². The molecular formula is C17H15BrCl2N2O2S2. The first-order chi connectivity index (χ1) is 11.8. The second-order valence-corrected chi connectivity index (χ2v) is 9.22. The van der Waals surface area contributed by atoms with Crippen LogP contribution < -0.4 is 4.80 Å². The van der Waals surface area contributed by atoms with Gasteiger partial charge < -0.3 is 4.57 Å². The van der Waals surface area contributed by atoms with Gasteiger partial charge in [0, 0.05) is 28.7 Å². The van der Waals surface area contributed by atoms with E-state index in [4.69, 9.17) is 22.3 Å². The minimum atomic E-state index is -3.91. The lowest BCUT2D eigenvalue weighted by molar-refractivity contribution is 0.609. The second-order valence-electron chi connectivity index (χ2n) is 5.44. The molecule has 0 fully saturated rings. The number of para-hydroxylation sites is 1. The lowest BCUT2D eigenvalue weighted by Gasteiger charge is -2.06. The molecule has 0 unspecified atom stereocenters. The predicted molar refractivity (Wildman–Crippen MR) is 113 cm³/mol. The molecule has 0 saturated carbocycles. The second kappa shape index (κ2) is 8.27. The fraction of sp³-hybridized carbons (Fsp3) is 0.118. The molecule has 26 heavy (non-hydrogen) atoms. The van der Waals surface area contributed by atoms with Gasteiger partial charge in [-0.3, -0.25) is 0 Å². The molecule has 0 aliphatic carbocycles. The van der Waals surface area contributed by atoms with Gasteiger partial charge in [0.2, 0.25) is 0 Å². The predicted octanol–water partition coefficient (Wildman–Crippen LogP) is 5.45. The highest BCUT2D eigenvalue weighted by Gasteiger charge is 2.17. The summed E-state index contributed by atoms with van der Waals surface area (Å²) in [5, 5.41) is 2.02. The average Bonchev–Trinajstić information content (AvgIpc) is 2.90. The molecule has 0 atom stereocenters. The van der Waals surface area contributed by atoms with Crippen LogP contribution in [0.1, 0.15) is 5.56 Å². The van der Waals surface area contributed by atoms with Crippen molar-refractivity contribution < 1.29 is 8.42 Å². The molecular weight excluding hydrogens is 479 g/mol. The standard InChI is InChI=1S/C17H14Cl2N2O2S2.BrH/c1-11-5-3-4-6-14(11)20-17-21(2)15(10-24-17)12-7-8-13(18)16(9-12)25(19,22)23;/h3-10H,1-2H3;1H/b20-17+;. The maximum Gasteiger partial charge on any atom is 0.262 e. The number of aryl methyl sites for hydroxylation is 1. The number of rotatable bonds is 3. The fourth-order valence-corrected chi connectivity index (χ4v) is 4.79. The van der Waals surface area contributed by atoms with E-state index in [-0.39, 0.29) is 26.9 Å². The zero-order valence-electron chi connectivity index (χ0n) is 13.8. The number of halogens is 3. The van der Waals surface area contributed by atoms with E-state index in [0.717, 1.165) is 21.7 Å². The molecule has 0 saturated heterocycles. The largest absolute Gasteiger partial charge is 0.320 e. The molecule has 1 heterocycles. The van der Waals surface area contributed by atoms with Crippen molar-refractivity contribution in [2.45, 2.75) is 11.8 Å². The molecule has 0 aliphatic heterocycles. The number of thiazole rings is 1. The van der Waals surface area contributed by atoms with E-state index in [2.05, 4.69) is 4.99 Å². The van der Waals surface area contributed by atoms with Crippen molar-refractivity contribution >= 4 is 65.3 Å². The minimum Gasteiger partial charge on any atom is -0.320 e. The van der Waals surface area contributed by atoms with Gasteiger partial charge in [-0.15, -0.1) is 28.3 Å². The summed E-state index contributed by atoms with van der Waals surface area (Å²) in [5.74, 6) is 0. The van der Waals surface area contributed by atoms with E-state index in [9.17, 15) is 8.42 Å². The maximum absolute atomic E-state index is 11.7. The molecule has 138 valence electrons. The Morgan fingerprint density at radius 1 is 1.15 bits per heavy atom. The fourth-order valence-electron chi connectivity index (χ4n) is 2.37. The number of hydrogen-bond acceptors (Lipinski definition) is 4. The highest BCUT2D eigenvalue weighted by molar-refractivity contribution is 8.93. The summed E-state index contributed by atoms with van der Waals surface area (Å²) in [5.41, 5.74) is 3.51. The van der Waals surface area contributed by atoms with Crippen molar-refractivity contribution in [2.24, 2.45) is 12.0 Å². The molecule has 0 N–H and O–H groups in total. The summed E-state index contributed by atoms with van der Waals surface area (Å²) in [6.45, 7) is 2.00. The molecule has 9 heteroatoms. The van der Waals surface area contributed by atoms with Gasteiger partial charge in [0.1, 0.15) is 4.90 Å². The third kappa shape index (κ3) is 4.40. The zero-order chi connectivity index (χ0) is 18.2. The molecule has 0 bridgehead atoms. The molecule has 0 aliphatic rings. The highest BCUT2D eigenvalue weighted by atomic mass is 79.9. The smallest absolute Gasteiger partial charge is 0.262 e. The van der Waals surface area contributed by atoms with Crippen LogP contribution in [0.5, 0.6) is 0 Å². The van der Waals surface area contributed by atoms with Gasteiger partial charge in [-0.2, -0.15) is 0 Å². The first kappa shape index (κ1) is 21.2. The topological polar surface area (TPSA) is 51.4 Å². The Morgan fingerprint density at radius 3 is 2.50 bits per heavy atom. The van der Waals surface area contributed by atoms with E-state index in [1.165, 1.54) is 23.5 Å². The first-order valence-electron chi connectivity index (χ1n) is 7.27. The minimum absolute atomic E-state index is 0. The van der Waals surface area contributed by atoms with Gasteiger partial charge >= 0.3 is 0 Å². The SMILES string of the molecule is Br.Cc1ccccc1/N=c1/scc(-c2ccc(Cl)c(S(=O)(=O)Cl)c2)n1C. The Morgan fingerprint density at radius 2 is 1.85 bits per heavy atom. The van der Waals surface area contributed by atoms with E-state index < -0.39 is 9.05 Å². The van der Waals surface area contributed by atoms with Gasteiger partial charge in [0.15, 0.2) is 4.80 Å². The van der Waals surface area contributed by atoms with E-state index >= 15 is 0 Å². The normalized spacial score (nSPS) is 12.1. The molecule has 3 aromatic rings. The quantitative estimate of drug-likeness (QED) is 0.455. The van der Waals surface area contributed by atoms with Crippen LogP contribution >= 0.6 is 50.6 Å². The molecule has 4 nitrogen and oxygen atoms in total. The van der Waals surface area contributed by atoms with Crippen molar-refractivity contribution in [3.8, 4) is 11.3 Å². The van der Waals surface area contributed by atoms with E-state index in [0.29, 0.717) is 5.56 Å². The number of benzene rings is 2. The van der Waals surface area contributed by atoms with E-state index in [1.54, 1.807) is 6.07 Å². The van der Waals surface area contributed by atoms with Gasteiger partial charge in [-0.05, 0) is 30.7 Å². The summed E-state index contributed by atoms with van der Waals surface area (Å²) in [7, 11) is 3.43. The van der Waals surface area contributed by atoms with Crippen molar-refractivity contribution in [3.63, 3.8) is 0 Å². The number of aromatic nitrogens is 1. The summed E-state index contributed by atoms with van der Waals surface area (Å²) in [4.78, 5) is 5.39. The summed E-state index contributed by atoms with van der Waals surface area (Å²) < 4.78 is 25.2. The molecule has 1 aromatic heterocycles. The Balaban J connectivity index is 0.00000243. The third-order valence-electron chi connectivity index (χ3n) is 3.75. The van der Waals surface area contributed by atoms with Crippen molar-refractivity contribution in [3.05, 3.63) is 63.2 Å². The summed E-state index contributed by atoms with van der Waals surface area (Å²) >= 11 is 7.42. The Kier molecular flexibility index (Phi) is 6.74. The van der Waals surface area contributed by atoms with Crippen LogP contribution in [0.25, 0.3) is 11.3 Å². The van der Waals surface area contributed by atoms with Crippen molar-refractivity contribution in [2.75, 3.05) is 0 Å². The molecule has 0 radical (unpaired) electrons. The van der Waals surface area contributed by atoms with Gasteiger partial charge in [-0.25, -0.2) is 13.4 Å². The lowest BCUT2D eigenvalue weighted by atomic mass is 10.2. The first-order valence-corrected chi connectivity index (χ1v) is 10.8. The summed E-state index contributed by atoms with van der Waals surface area (Å²) in [6.07, 6.45) is 0. The molecule has 3 rings (SSSR count). The number of nitrogens with zero attached hydrogens (tertiary/aromatic N) is 2. The van der Waals surface area contributed by atoms with Crippen LogP contribution in [-0.2, 0) is 16.1 Å². The zero-order valence-corrected chi connectivity index (χ0v) is 18.7. The average molecular weight is 494 g/mol. The van der Waals surface area contributed by atoms with Crippen LogP contribution in [0.3, 0.4) is 0 Å². The summed E-state index contributed by atoms with van der Waals surface area (Å²) in [6, 6.07) is 12.6.